The maximum Gasteiger partial charge on any atom is 0.418 e. The summed E-state index contributed by atoms with van der Waals surface area (Å²) >= 11 is 0. The fourth-order valence-electron chi connectivity index (χ4n) is 5.45. The lowest BCUT2D eigenvalue weighted by atomic mass is 9.82. The van der Waals surface area contributed by atoms with E-state index in [4.69, 9.17) is 15.5 Å². The number of likely N-dealkylation sites (N-methyl/N-ethyl adjacent to an activating group) is 1. The van der Waals surface area contributed by atoms with Gasteiger partial charge in [-0.05, 0) is 56.2 Å². The summed E-state index contributed by atoms with van der Waals surface area (Å²) in [5.41, 5.74) is 6.76. The molecule has 39 heavy (non-hydrogen) atoms. The van der Waals surface area contributed by atoms with E-state index in [0.29, 0.717) is 50.0 Å². The Balaban J connectivity index is 1.71. The van der Waals surface area contributed by atoms with Gasteiger partial charge in [0.15, 0.2) is 0 Å². The third kappa shape index (κ3) is 6.12. The van der Waals surface area contributed by atoms with Crippen molar-refractivity contribution in [2.75, 3.05) is 37.4 Å². The Morgan fingerprint density at radius 1 is 1.33 bits per heavy atom. The summed E-state index contributed by atoms with van der Waals surface area (Å²) in [6.07, 6.45) is -0.327. The Morgan fingerprint density at radius 3 is 2.74 bits per heavy atom. The molecule has 3 heterocycles. The van der Waals surface area contributed by atoms with Crippen molar-refractivity contribution in [1.29, 1.82) is 0 Å². The molecule has 1 saturated heterocycles. The molecule has 0 aromatic carbocycles. The number of likely N-dealkylation sites (tertiary alicyclic amines) is 1. The van der Waals surface area contributed by atoms with Crippen LogP contribution in [-0.2, 0) is 23.8 Å². The van der Waals surface area contributed by atoms with Crippen LogP contribution in [0.2, 0.25) is 0 Å². The number of hydrogen-bond acceptors (Lipinski definition) is 7. The highest BCUT2D eigenvalue weighted by Crippen LogP contribution is 2.43. The first-order valence-corrected chi connectivity index (χ1v) is 13.4. The topological polar surface area (TPSA) is 97.5 Å². The number of alkyl halides is 3. The number of halogens is 3. The zero-order valence-corrected chi connectivity index (χ0v) is 23.0. The first-order valence-electron chi connectivity index (χ1n) is 13.4. The minimum absolute atomic E-state index is 0.0307. The van der Waals surface area contributed by atoms with Crippen LogP contribution < -0.4 is 15.4 Å². The number of nitrogens with two attached hydrogens (primary N) is 1. The van der Waals surface area contributed by atoms with Crippen molar-refractivity contribution in [2.24, 2.45) is 5.92 Å². The van der Waals surface area contributed by atoms with E-state index in [1.807, 2.05) is 7.05 Å². The summed E-state index contributed by atoms with van der Waals surface area (Å²) < 4.78 is 48.1. The molecule has 0 radical (unpaired) electrons. The molecule has 1 amide bonds. The van der Waals surface area contributed by atoms with Crippen LogP contribution in [0.5, 0.6) is 6.01 Å². The van der Waals surface area contributed by atoms with E-state index in [9.17, 15) is 18.0 Å². The predicted molar refractivity (Wildman–Crippen MR) is 144 cm³/mol. The third-order valence-electron chi connectivity index (χ3n) is 7.89. The largest absolute Gasteiger partial charge is 0.463 e. The minimum Gasteiger partial charge on any atom is -0.463 e. The summed E-state index contributed by atoms with van der Waals surface area (Å²) in [7, 11) is 1.93. The highest BCUT2D eigenvalue weighted by molar-refractivity contribution is 5.87. The van der Waals surface area contributed by atoms with E-state index < -0.39 is 17.7 Å². The SMILES string of the molecule is C=CC(=O)N1CCC(N(C)c2nc(OCC(C)CC)nc3c2CCC(c2nc(N)cc(C)c2C(F)(F)F)C3)C1. The van der Waals surface area contributed by atoms with Gasteiger partial charge in [-0.2, -0.15) is 23.1 Å². The maximum atomic E-state index is 14.1. The number of aromatic nitrogens is 3. The number of aryl methyl sites for hydroxylation is 1. The molecular formula is C28H37F3N6O2. The zero-order chi connectivity index (χ0) is 28.5. The quantitative estimate of drug-likeness (QED) is 0.480. The Hall–Kier alpha value is -3.37. The number of pyridine rings is 1. The molecule has 1 aliphatic heterocycles. The van der Waals surface area contributed by atoms with E-state index in [0.717, 1.165) is 18.4 Å². The van der Waals surface area contributed by atoms with Crippen molar-refractivity contribution >= 4 is 17.5 Å². The fourth-order valence-corrected chi connectivity index (χ4v) is 5.45. The molecule has 0 spiro atoms. The van der Waals surface area contributed by atoms with E-state index >= 15 is 0 Å². The lowest BCUT2D eigenvalue weighted by Crippen LogP contribution is -2.37. The predicted octanol–water partition coefficient (Wildman–Crippen LogP) is 4.70. The average molecular weight is 547 g/mol. The third-order valence-corrected chi connectivity index (χ3v) is 7.89. The average Bonchev–Trinajstić information content (AvgIpc) is 3.39. The number of rotatable bonds is 8. The number of hydrogen-bond donors (Lipinski definition) is 1. The number of anilines is 2. The second-order valence-electron chi connectivity index (χ2n) is 10.7. The van der Waals surface area contributed by atoms with Gasteiger partial charge in [-0.1, -0.05) is 26.8 Å². The highest BCUT2D eigenvalue weighted by atomic mass is 19.4. The summed E-state index contributed by atoms with van der Waals surface area (Å²) in [4.78, 5) is 29.6. The van der Waals surface area contributed by atoms with Gasteiger partial charge in [0.05, 0.1) is 23.6 Å². The number of nitrogens with zero attached hydrogens (tertiary/aromatic N) is 5. The molecule has 2 N–H and O–H groups in total. The molecule has 3 atom stereocenters. The minimum atomic E-state index is -4.54. The van der Waals surface area contributed by atoms with E-state index in [1.165, 1.54) is 19.1 Å². The van der Waals surface area contributed by atoms with Gasteiger partial charge in [-0.3, -0.25) is 4.79 Å². The second-order valence-corrected chi connectivity index (χ2v) is 10.7. The highest BCUT2D eigenvalue weighted by Gasteiger charge is 2.40. The number of ether oxygens (including phenoxy) is 1. The molecule has 2 aromatic rings. The van der Waals surface area contributed by atoms with E-state index in [1.54, 1.807) is 4.90 Å². The number of carbonyl (C=O) groups excluding carboxylic acids is 1. The van der Waals surface area contributed by atoms with Crippen LogP contribution in [0.1, 0.15) is 67.1 Å². The molecule has 2 aromatic heterocycles. The summed E-state index contributed by atoms with van der Waals surface area (Å²) in [5.74, 6) is 0.450. The Bertz CT molecular complexity index is 1230. The smallest absolute Gasteiger partial charge is 0.418 e. The molecule has 2 aliphatic rings. The van der Waals surface area contributed by atoms with Crippen LogP contribution in [0.15, 0.2) is 18.7 Å². The molecule has 1 aliphatic carbocycles. The van der Waals surface area contributed by atoms with Gasteiger partial charge >= 0.3 is 12.2 Å². The molecule has 0 bridgehead atoms. The first kappa shape index (κ1) is 28.6. The number of amides is 1. The van der Waals surface area contributed by atoms with Gasteiger partial charge in [-0.25, -0.2) is 4.98 Å². The van der Waals surface area contributed by atoms with Crippen LogP contribution in [-0.4, -0.2) is 58.5 Å². The van der Waals surface area contributed by atoms with Gasteiger partial charge in [0.2, 0.25) is 5.91 Å². The second kappa shape index (κ2) is 11.4. The number of nitrogen functional groups attached to an aromatic ring is 1. The Kier molecular flexibility index (Phi) is 8.37. The van der Waals surface area contributed by atoms with Crippen molar-refractivity contribution in [3.8, 4) is 6.01 Å². The van der Waals surface area contributed by atoms with Crippen LogP contribution in [0.25, 0.3) is 0 Å². The van der Waals surface area contributed by atoms with Gasteiger partial charge in [-0.15, -0.1) is 0 Å². The molecule has 4 rings (SSSR count). The first-order chi connectivity index (χ1) is 18.4. The molecular weight excluding hydrogens is 509 g/mol. The standard InChI is InChI=1S/C28H37F3N6O2/c1-6-16(3)15-39-27-33-21-13-18(25-24(28(29,30)31)17(4)12-22(32)34-25)8-9-20(21)26(35-27)36(5)19-10-11-37(14-19)23(38)7-2/h7,12,16,18-19H,2,6,8-11,13-15H2,1,3-5H3,(H2,32,34). The van der Waals surface area contributed by atoms with E-state index in [2.05, 4.69) is 35.3 Å². The normalized spacial score (nSPS) is 19.9. The van der Waals surface area contributed by atoms with Crippen LogP contribution in [0.3, 0.4) is 0 Å². The van der Waals surface area contributed by atoms with Crippen LogP contribution in [0, 0.1) is 12.8 Å². The van der Waals surface area contributed by atoms with Crippen molar-refractivity contribution in [3.63, 3.8) is 0 Å². The molecule has 8 nitrogen and oxygen atoms in total. The van der Waals surface area contributed by atoms with Gasteiger partial charge in [0.25, 0.3) is 0 Å². The van der Waals surface area contributed by atoms with Gasteiger partial charge in [0.1, 0.15) is 11.6 Å². The summed E-state index contributed by atoms with van der Waals surface area (Å²) in [6, 6.07) is 1.51. The van der Waals surface area contributed by atoms with Gasteiger partial charge in [0, 0.05) is 37.7 Å². The molecule has 3 unspecified atom stereocenters. The molecule has 212 valence electrons. The lowest BCUT2D eigenvalue weighted by Gasteiger charge is -2.32. The number of carbonyl (C=O) groups is 1. The van der Waals surface area contributed by atoms with Crippen molar-refractivity contribution in [2.45, 2.75) is 71.0 Å². The van der Waals surface area contributed by atoms with Crippen molar-refractivity contribution < 1.29 is 22.7 Å². The van der Waals surface area contributed by atoms with E-state index in [-0.39, 0.29) is 41.5 Å². The Labute approximate surface area is 227 Å². The maximum absolute atomic E-state index is 14.1. The monoisotopic (exact) mass is 546 g/mol. The molecule has 11 heteroatoms. The van der Waals surface area contributed by atoms with Gasteiger partial charge < -0.3 is 20.3 Å². The number of fused-ring (bicyclic) bond motifs is 1. The molecule has 0 saturated carbocycles. The van der Waals surface area contributed by atoms with Crippen molar-refractivity contribution in [3.05, 3.63) is 46.8 Å². The fraction of sp³-hybridized carbons (Fsp3) is 0.571. The summed E-state index contributed by atoms with van der Waals surface area (Å²) in [6.45, 7) is 10.7. The van der Waals surface area contributed by atoms with Crippen LogP contribution in [0.4, 0.5) is 24.8 Å². The summed E-state index contributed by atoms with van der Waals surface area (Å²) in [5, 5.41) is 0. The van der Waals surface area contributed by atoms with Crippen LogP contribution >= 0.6 is 0 Å². The zero-order valence-electron chi connectivity index (χ0n) is 23.0. The lowest BCUT2D eigenvalue weighted by molar-refractivity contribution is -0.139. The Morgan fingerprint density at radius 2 is 2.08 bits per heavy atom. The van der Waals surface area contributed by atoms with Crippen molar-refractivity contribution in [1.82, 2.24) is 19.9 Å². The molecule has 1 fully saturated rings.